The van der Waals surface area contributed by atoms with Crippen LogP contribution in [0.2, 0.25) is 0 Å². The predicted molar refractivity (Wildman–Crippen MR) is 66.2 cm³/mol. The van der Waals surface area contributed by atoms with Gasteiger partial charge in [-0.2, -0.15) is 0 Å². The number of sulfone groups is 1. The number of rotatable bonds is 3. The van der Waals surface area contributed by atoms with Crippen LogP contribution in [0.25, 0.3) is 0 Å². The maximum atomic E-state index is 12.0. The molecule has 20 heavy (non-hydrogen) atoms. The van der Waals surface area contributed by atoms with Crippen molar-refractivity contribution in [3.8, 4) is 5.75 Å². The second-order valence-electron chi connectivity index (χ2n) is 4.77. The third-order valence-electron chi connectivity index (χ3n) is 3.14. The van der Waals surface area contributed by atoms with E-state index in [4.69, 9.17) is 0 Å². The summed E-state index contributed by atoms with van der Waals surface area (Å²) in [6, 6.07) is 5.67. The summed E-state index contributed by atoms with van der Waals surface area (Å²) in [4.78, 5) is 1.12. The van der Waals surface area contributed by atoms with Gasteiger partial charge in [-0.25, -0.2) is 8.42 Å². The van der Waals surface area contributed by atoms with Crippen molar-refractivity contribution in [1.29, 1.82) is 0 Å². The summed E-state index contributed by atoms with van der Waals surface area (Å²) in [5.74, 6) is 0.0762. The van der Waals surface area contributed by atoms with E-state index < -0.39 is 16.2 Å². The molecule has 1 saturated heterocycles. The summed E-state index contributed by atoms with van der Waals surface area (Å²) in [7, 11) is -2.90. The van der Waals surface area contributed by atoms with E-state index in [9.17, 15) is 21.6 Å². The molecular formula is C12H15F3NO3S+. The third-order valence-corrected chi connectivity index (χ3v) is 4.80. The summed E-state index contributed by atoms with van der Waals surface area (Å²) in [6.45, 7) is 1.66. The lowest BCUT2D eigenvalue weighted by Gasteiger charge is -2.23. The Balaban J connectivity index is 1.91. The Morgan fingerprint density at radius 1 is 1.10 bits per heavy atom. The number of hydrogen-bond acceptors (Lipinski definition) is 3. The highest BCUT2D eigenvalue weighted by molar-refractivity contribution is 7.91. The molecular weight excluding hydrogens is 295 g/mol. The number of nitrogens with one attached hydrogen (secondary N) is 1. The van der Waals surface area contributed by atoms with E-state index in [-0.39, 0.29) is 17.3 Å². The highest BCUT2D eigenvalue weighted by Crippen LogP contribution is 2.22. The van der Waals surface area contributed by atoms with Gasteiger partial charge in [0.1, 0.15) is 12.3 Å². The molecule has 0 bridgehead atoms. The molecule has 2 rings (SSSR count). The Hall–Kier alpha value is -1.28. The van der Waals surface area contributed by atoms with Crippen molar-refractivity contribution in [3.63, 3.8) is 0 Å². The minimum Gasteiger partial charge on any atom is -0.406 e. The van der Waals surface area contributed by atoms with Crippen LogP contribution in [0.3, 0.4) is 0 Å². The molecule has 112 valence electrons. The van der Waals surface area contributed by atoms with Crippen molar-refractivity contribution in [3.05, 3.63) is 29.8 Å². The highest BCUT2D eigenvalue weighted by atomic mass is 32.2. The van der Waals surface area contributed by atoms with Crippen molar-refractivity contribution in [2.24, 2.45) is 0 Å². The Labute approximate surface area is 115 Å². The number of quaternary nitrogens is 1. The number of alkyl halides is 3. The third kappa shape index (κ3) is 4.68. The van der Waals surface area contributed by atoms with E-state index in [0.717, 1.165) is 10.5 Å². The highest BCUT2D eigenvalue weighted by Gasteiger charge is 2.31. The van der Waals surface area contributed by atoms with E-state index >= 15 is 0 Å². The average molecular weight is 310 g/mol. The average Bonchev–Trinajstić information content (AvgIpc) is 2.32. The minimum absolute atomic E-state index is 0.164. The summed E-state index contributed by atoms with van der Waals surface area (Å²) in [5.41, 5.74) is 0.855. The maximum absolute atomic E-state index is 12.0. The van der Waals surface area contributed by atoms with Gasteiger partial charge >= 0.3 is 6.36 Å². The second kappa shape index (κ2) is 5.61. The molecule has 1 heterocycles. The van der Waals surface area contributed by atoms with Crippen LogP contribution in [0.4, 0.5) is 13.2 Å². The van der Waals surface area contributed by atoms with Gasteiger partial charge in [-0.15, -0.1) is 13.2 Å². The van der Waals surface area contributed by atoms with Crippen LogP contribution < -0.4 is 9.64 Å². The predicted octanol–water partition coefficient (Wildman–Crippen LogP) is 0.398. The normalized spacial score (nSPS) is 19.8. The fourth-order valence-electron chi connectivity index (χ4n) is 2.10. The molecule has 1 aliphatic heterocycles. The van der Waals surface area contributed by atoms with Gasteiger partial charge in [-0.1, -0.05) is 0 Å². The van der Waals surface area contributed by atoms with Crippen molar-refractivity contribution in [2.45, 2.75) is 12.9 Å². The number of benzene rings is 1. The second-order valence-corrected chi connectivity index (χ2v) is 7.07. The zero-order chi connectivity index (χ0) is 14.8. The fraction of sp³-hybridized carbons (Fsp3) is 0.500. The molecule has 1 N–H and O–H groups in total. The van der Waals surface area contributed by atoms with Crippen molar-refractivity contribution < 1.29 is 31.2 Å². The zero-order valence-corrected chi connectivity index (χ0v) is 11.4. The summed E-state index contributed by atoms with van der Waals surface area (Å²) >= 11 is 0. The fourth-order valence-corrected chi connectivity index (χ4v) is 3.50. The van der Waals surface area contributed by atoms with Crippen LogP contribution in [-0.4, -0.2) is 39.4 Å². The summed E-state index contributed by atoms with van der Waals surface area (Å²) in [6.07, 6.45) is -4.69. The molecule has 0 saturated carbocycles. The molecule has 0 spiro atoms. The van der Waals surface area contributed by atoms with Crippen LogP contribution in [0, 0.1) is 0 Å². The first-order valence-electron chi connectivity index (χ1n) is 6.12. The number of hydrogen-bond donors (Lipinski definition) is 1. The zero-order valence-electron chi connectivity index (χ0n) is 10.6. The molecule has 1 fully saturated rings. The van der Waals surface area contributed by atoms with Gasteiger partial charge in [0.2, 0.25) is 0 Å². The number of halogens is 3. The maximum Gasteiger partial charge on any atom is 0.573 e. The molecule has 0 aliphatic carbocycles. The van der Waals surface area contributed by atoms with E-state index in [1.165, 1.54) is 12.1 Å². The summed E-state index contributed by atoms with van der Waals surface area (Å²) in [5, 5.41) is 0. The Morgan fingerprint density at radius 3 is 2.15 bits per heavy atom. The van der Waals surface area contributed by atoms with Crippen molar-refractivity contribution in [1.82, 2.24) is 0 Å². The molecule has 0 radical (unpaired) electrons. The van der Waals surface area contributed by atoms with E-state index in [1.807, 2.05) is 0 Å². The van der Waals surface area contributed by atoms with Crippen LogP contribution in [-0.2, 0) is 16.4 Å². The molecule has 0 amide bonds. The van der Waals surface area contributed by atoms with Gasteiger partial charge in [0.15, 0.2) is 9.84 Å². The molecule has 0 unspecified atom stereocenters. The first kappa shape index (κ1) is 15.1. The molecule has 8 heteroatoms. The quantitative estimate of drug-likeness (QED) is 0.879. The van der Waals surface area contributed by atoms with Gasteiger partial charge in [0.05, 0.1) is 24.6 Å². The van der Waals surface area contributed by atoms with Crippen LogP contribution in [0.5, 0.6) is 5.75 Å². The molecule has 0 atom stereocenters. The van der Waals surface area contributed by atoms with E-state index in [0.29, 0.717) is 19.6 Å². The van der Waals surface area contributed by atoms with Crippen LogP contribution in [0.1, 0.15) is 5.56 Å². The van der Waals surface area contributed by atoms with Crippen molar-refractivity contribution in [2.75, 3.05) is 24.6 Å². The lowest BCUT2D eigenvalue weighted by atomic mass is 10.2. The van der Waals surface area contributed by atoms with Gasteiger partial charge in [0, 0.05) is 5.56 Å². The first-order valence-corrected chi connectivity index (χ1v) is 7.94. The van der Waals surface area contributed by atoms with Crippen molar-refractivity contribution >= 4 is 9.84 Å². The standard InChI is InChI=1S/C12H14F3NO3S/c13-12(14,15)19-11-3-1-10(2-4-11)9-16-5-7-20(17,18)8-6-16/h1-4H,5-9H2/p+1. The van der Waals surface area contributed by atoms with E-state index in [1.54, 1.807) is 12.1 Å². The van der Waals surface area contributed by atoms with Gasteiger partial charge in [0.25, 0.3) is 0 Å². The molecule has 4 nitrogen and oxygen atoms in total. The summed E-state index contributed by atoms with van der Waals surface area (Å²) < 4.78 is 62.4. The molecule has 1 aliphatic rings. The van der Waals surface area contributed by atoms with Gasteiger partial charge in [-0.05, 0) is 24.3 Å². The molecule has 0 aromatic heterocycles. The lowest BCUT2D eigenvalue weighted by molar-refractivity contribution is -0.910. The van der Waals surface area contributed by atoms with E-state index in [2.05, 4.69) is 4.74 Å². The largest absolute Gasteiger partial charge is 0.573 e. The smallest absolute Gasteiger partial charge is 0.406 e. The molecule has 1 aromatic rings. The molecule has 1 aromatic carbocycles. The monoisotopic (exact) mass is 310 g/mol. The van der Waals surface area contributed by atoms with Crippen LogP contribution in [0.15, 0.2) is 24.3 Å². The Kier molecular flexibility index (Phi) is 4.24. The lowest BCUT2D eigenvalue weighted by Crippen LogP contribution is -3.13. The van der Waals surface area contributed by atoms with Crippen LogP contribution >= 0.6 is 0 Å². The Bertz CT molecular complexity index is 540. The topological polar surface area (TPSA) is 47.8 Å². The SMILES string of the molecule is O=S1(=O)CC[NH+](Cc2ccc(OC(F)(F)F)cc2)CC1. The van der Waals surface area contributed by atoms with Gasteiger partial charge < -0.3 is 9.64 Å². The minimum atomic E-state index is -4.69. The van der Waals surface area contributed by atoms with Gasteiger partial charge in [-0.3, -0.25) is 0 Å². The Morgan fingerprint density at radius 2 is 1.65 bits per heavy atom. The first-order chi connectivity index (χ1) is 9.23. The number of ether oxygens (including phenoxy) is 1.